The van der Waals surface area contributed by atoms with Crippen molar-refractivity contribution in [2.45, 2.75) is 6.42 Å². The van der Waals surface area contributed by atoms with Crippen LogP contribution in [-0.2, 0) is 9.59 Å². The zero-order valence-corrected chi connectivity index (χ0v) is 13.2. The summed E-state index contributed by atoms with van der Waals surface area (Å²) in [5.74, 6) is -0.622. The van der Waals surface area contributed by atoms with E-state index in [0.29, 0.717) is 11.7 Å². The first-order chi connectivity index (χ1) is 10.1. The standard InChI is InChI=1S/C13H11BrN4O2S/c14-9-2-1-3-10(5-9)18-6-8(4-11(18)19)12(20)16-13-17-15-7-21-13/h1-3,5,7-8H,4,6H2,(H,16,17,20). The fourth-order valence-corrected chi connectivity index (χ4v) is 3.05. The molecular formula is C13H11BrN4O2S. The average Bonchev–Trinajstić information content (AvgIpc) is 3.08. The number of nitrogens with one attached hydrogen (secondary N) is 1. The first kappa shape index (κ1) is 14.2. The van der Waals surface area contributed by atoms with Gasteiger partial charge in [0, 0.05) is 23.1 Å². The zero-order valence-electron chi connectivity index (χ0n) is 10.8. The Labute approximate surface area is 133 Å². The van der Waals surface area contributed by atoms with Crippen LogP contribution in [-0.4, -0.2) is 28.6 Å². The molecular weight excluding hydrogens is 356 g/mol. The maximum atomic E-state index is 12.1. The Balaban J connectivity index is 1.71. The summed E-state index contributed by atoms with van der Waals surface area (Å²) in [6.07, 6.45) is 0.206. The Hall–Kier alpha value is -1.80. The van der Waals surface area contributed by atoms with Crippen LogP contribution < -0.4 is 10.2 Å². The maximum absolute atomic E-state index is 12.1. The zero-order chi connectivity index (χ0) is 14.8. The highest BCUT2D eigenvalue weighted by Crippen LogP contribution is 2.28. The number of benzene rings is 1. The maximum Gasteiger partial charge on any atom is 0.231 e. The lowest BCUT2D eigenvalue weighted by Crippen LogP contribution is -2.28. The molecule has 0 radical (unpaired) electrons. The molecule has 1 saturated heterocycles. The summed E-state index contributed by atoms with van der Waals surface area (Å²) in [5.41, 5.74) is 2.34. The predicted octanol–water partition coefficient (Wildman–Crippen LogP) is 2.29. The highest BCUT2D eigenvalue weighted by Gasteiger charge is 2.35. The highest BCUT2D eigenvalue weighted by atomic mass is 79.9. The molecule has 6 nitrogen and oxygen atoms in total. The Morgan fingerprint density at radius 2 is 2.33 bits per heavy atom. The van der Waals surface area contributed by atoms with Crippen molar-refractivity contribution in [1.29, 1.82) is 0 Å². The topological polar surface area (TPSA) is 75.2 Å². The van der Waals surface area contributed by atoms with Crippen LogP contribution >= 0.6 is 27.3 Å². The van der Waals surface area contributed by atoms with E-state index in [1.165, 1.54) is 11.3 Å². The molecule has 1 aliphatic rings. The van der Waals surface area contributed by atoms with Gasteiger partial charge in [0.05, 0.1) is 5.92 Å². The number of aromatic nitrogens is 2. The summed E-state index contributed by atoms with van der Waals surface area (Å²) >= 11 is 4.63. The molecule has 108 valence electrons. The molecule has 1 atom stereocenters. The summed E-state index contributed by atoms with van der Waals surface area (Å²) in [4.78, 5) is 25.9. The monoisotopic (exact) mass is 366 g/mol. The Bertz CT molecular complexity index is 677. The third-order valence-corrected chi connectivity index (χ3v) is 4.31. The van der Waals surface area contributed by atoms with Crippen LogP contribution in [0.5, 0.6) is 0 Å². The van der Waals surface area contributed by atoms with Gasteiger partial charge in [-0.25, -0.2) is 0 Å². The van der Waals surface area contributed by atoms with Gasteiger partial charge in [0.25, 0.3) is 0 Å². The molecule has 1 unspecified atom stereocenters. The summed E-state index contributed by atoms with van der Waals surface area (Å²) < 4.78 is 0.898. The van der Waals surface area contributed by atoms with E-state index in [9.17, 15) is 9.59 Å². The number of hydrogen-bond acceptors (Lipinski definition) is 5. The molecule has 1 fully saturated rings. The summed E-state index contributed by atoms with van der Waals surface area (Å²) in [6, 6.07) is 7.47. The van der Waals surface area contributed by atoms with E-state index in [1.54, 1.807) is 10.4 Å². The number of hydrogen-bond donors (Lipinski definition) is 1. The number of halogens is 1. The molecule has 0 bridgehead atoms. The smallest absolute Gasteiger partial charge is 0.231 e. The van der Waals surface area contributed by atoms with Gasteiger partial charge in [-0.2, -0.15) is 0 Å². The van der Waals surface area contributed by atoms with Crippen LogP contribution in [0.25, 0.3) is 0 Å². The second kappa shape index (κ2) is 5.90. The minimum Gasteiger partial charge on any atom is -0.312 e. The summed E-state index contributed by atoms with van der Waals surface area (Å²) in [7, 11) is 0. The lowest BCUT2D eigenvalue weighted by atomic mass is 10.1. The van der Waals surface area contributed by atoms with Crippen molar-refractivity contribution in [3.8, 4) is 0 Å². The SMILES string of the molecule is O=C(Nc1nncs1)C1CC(=O)N(c2cccc(Br)c2)C1. The second-order valence-corrected chi connectivity index (χ2v) is 6.37. The van der Waals surface area contributed by atoms with Gasteiger partial charge in [0.1, 0.15) is 5.51 Å². The van der Waals surface area contributed by atoms with E-state index in [1.807, 2.05) is 24.3 Å². The lowest BCUT2D eigenvalue weighted by Gasteiger charge is -2.16. The number of carbonyl (C=O) groups excluding carboxylic acids is 2. The number of amides is 2. The van der Waals surface area contributed by atoms with Gasteiger partial charge in [-0.1, -0.05) is 33.3 Å². The van der Waals surface area contributed by atoms with Crippen LogP contribution in [0.2, 0.25) is 0 Å². The quantitative estimate of drug-likeness (QED) is 0.903. The van der Waals surface area contributed by atoms with Crippen molar-refractivity contribution < 1.29 is 9.59 Å². The molecule has 0 saturated carbocycles. The molecule has 0 spiro atoms. The fraction of sp³-hybridized carbons (Fsp3) is 0.231. The molecule has 21 heavy (non-hydrogen) atoms. The predicted molar refractivity (Wildman–Crippen MR) is 83.1 cm³/mol. The summed E-state index contributed by atoms with van der Waals surface area (Å²) in [5, 5.41) is 10.6. The molecule has 1 aliphatic heterocycles. The number of anilines is 2. The summed E-state index contributed by atoms with van der Waals surface area (Å²) in [6.45, 7) is 0.375. The van der Waals surface area contributed by atoms with Crippen molar-refractivity contribution >= 4 is 49.9 Å². The van der Waals surface area contributed by atoms with E-state index in [4.69, 9.17) is 0 Å². The van der Waals surface area contributed by atoms with Crippen molar-refractivity contribution in [1.82, 2.24) is 10.2 Å². The van der Waals surface area contributed by atoms with Crippen molar-refractivity contribution in [2.75, 3.05) is 16.8 Å². The van der Waals surface area contributed by atoms with E-state index in [2.05, 4.69) is 31.4 Å². The molecule has 3 rings (SSSR count). The molecule has 1 aromatic heterocycles. The van der Waals surface area contributed by atoms with Crippen molar-refractivity contribution in [3.05, 3.63) is 34.2 Å². The minimum atomic E-state index is -0.375. The molecule has 2 aromatic rings. The third kappa shape index (κ3) is 3.11. The largest absolute Gasteiger partial charge is 0.312 e. The van der Waals surface area contributed by atoms with Gasteiger partial charge in [0.2, 0.25) is 16.9 Å². The molecule has 2 heterocycles. The second-order valence-electron chi connectivity index (χ2n) is 4.62. The minimum absolute atomic E-state index is 0.0505. The average molecular weight is 367 g/mol. The number of carbonyl (C=O) groups is 2. The normalized spacial score (nSPS) is 18.0. The third-order valence-electron chi connectivity index (χ3n) is 3.21. The Morgan fingerprint density at radius 1 is 1.48 bits per heavy atom. The van der Waals surface area contributed by atoms with E-state index >= 15 is 0 Å². The van der Waals surface area contributed by atoms with Crippen LogP contribution in [0.3, 0.4) is 0 Å². The van der Waals surface area contributed by atoms with Gasteiger partial charge in [-0.15, -0.1) is 10.2 Å². The van der Waals surface area contributed by atoms with Gasteiger partial charge in [0.15, 0.2) is 0 Å². The van der Waals surface area contributed by atoms with Crippen LogP contribution in [0.4, 0.5) is 10.8 Å². The lowest BCUT2D eigenvalue weighted by molar-refractivity contribution is -0.122. The van der Waals surface area contributed by atoms with Crippen molar-refractivity contribution in [3.63, 3.8) is 0 Å². The van der Waals surface area contributed by atoms with Gasteiger partial charge in [-0.05, 0) is 18.2 Å². The molecule has 2 amide bonds. The van der Waals surface area contributed by atoms with Gasteiger partial charge in [-0.3, -0.25) is 9.59 Å². The van der Waals surface area contributed by atoms with E-state index < -0.39 is 0 Å². The number of nitrogens with zero attached hydrogens (tertiary/aromatic N) is 3. The van der Waals surface area contributed by atoms with Gasteiger partial charge < -0.3 is 10.2 Å². The van der Waals surface area contributed by atoms with E-state index in [0.717, 1.165) is 10.2 Å². The molecule has 8 heteroatoms. The Kier molecular flexibility index (Phi) is 3.98. The fourth-order valence-electron chi connectivity index (χ4n) is 2.21. The molecule has 0 aliphatic carbocycles. The first-order valence-electron chi connectivity index (χ1n) is 6.26. The first-order valence-corrected chi connectivity index (χ1v) is 7.94. The Morgan fingerprint density at radius 3 is 3.05 bits per heavy atom. The van der Waals surface area contributed by atoms with Crippen LogP contribution in [0.15, 0.2) is 34.2 Å². The van der Waals surface area contributed by atoms with Crippen molar-refractivity contribution in [2.24, 2.45) is 5.92 Å². The van der Waals surface area contributed by atoms with Gasteiger partial charge >= 0.3 is 0 Å². The highest BCUT2D eigenvalue weighted by molar-refractivity contribution is 9.10. The molecule has 1 N–H and O–H groups in total. The number of rotatable bonds is 3. The van der Waals surface area contributed by atoms with E-state index in [-0.39, 0.29) is 24.2 Å². The van der Waals surface area contributed by atoms with Crippen LogP contribution in [0.1, 0.15) is 6.42 Å². The van der Waals surface area contributed by atoms with Crippen LogP contribution in [0, 0.1) is 5.92 Å². The molecule has 1 aromatic carbocycles.